The maximum atomic E-state index is 12.2. The van der Waals surface area contributed by atoms with Crippen molar-refractivity contribution >= 4 is 11.7 Å². The van der Waals surface area contributed by atoms with Gasteiger partial charge >= 0.3 is 0 Å². The average Bonchev–Trinajstić information content (AvgIpc) is 2.34. The van der Waals surface area contributed by atoms with Gasteiger partial charge in [0.1, 0.15) is 5.69 Å². The van der Waals surface area contributed by atoms with Crippen molar-refractivity contribution in [3.05, 3.63) is 18.1 Å². The van der Waals surface area contributed by atoms with Gasteiger partial charge in [-0.3, -0.25) is 9.78 Å². The molecule has 0 aliphatic carbocycles. The first-order chi connectivity index (χ1) is 8.10. The standard InChI is InChI=1S/C11H19N5O/c1-4-5-16(8(2)3)11(17)9-6-13-7-10(14-9)15-12/h6-8H,4-5,12H2,1-3H3,(H,14,15). The number of nitrogens with two attached hydrogens (primary N) is 1. The number of nitrogens with zero attached hydrogens (tertiary/aromatic N) is 3. The van der Waals surface area contributed by atoms with Gasteiger partial charge < -0.3 is 10.3 Å². The summed E-state index contributed by atoms with van der Waals surface area (Å²) >= 11 is 0. The largest absolute Gasteiger partial charge is 0.335 e. The molecule has 3 N–H and O–H groups in total. The third-order valence-corrected chi connectivity index (χ3v) is 2.35. The average molecular weight is 237 g/mol. The molecule has 0 saturated carbocycles. The van der Waals surface area contributed by atoms with E-state index in [0.717, 1.165) is 6.42 Å². The number of nitrogen functional groups attached to an aromatic ring is 1. The Morgan fingerprint density at radius 1 is 1.53 bits per heavy atom. The first-order valence-corrected chi connectivity index (χ1v) is 5.69. The lowest BCUT2D eigenvalue weighted by atomic mass is 10.2. The van der Waals surface area contributed by atoms with Crippen LogP contribution in [0, 0.1) is 0 Å². The van der Waals surface area contributed by atoms with Gasteiger partial charge in [-0.15, -0.1) is 0 Å². The minimum atomic E-state index is -0.119. The fourth-order valence-corrected chi connectivity index (χ4v) is 1.52. The van der Waals surface area contributed by atoms with E-state index in [-0.39, 0.29) is 11.9 Å². The molecule has 6 heteroatoms. The Labute approximate surface area is 101 Å². The van der Waals surface area contributed by atoms with Crippen LogP contribution in [0.25, 0.3) is 0 Å². The zero-order valence-corrected chi connectivity index (χ0v) is 10.5. The van der Waals surface area contributed by atoms with Gasteiger partial charge in [-0.05, 0) is 20.3 Å². The molecule has 0 aliphatic rings. The number of aromatic nitrogens is 2. The second-order valence-electron chi connectivity index (χ2n) is 4.03. The molecule has 6 nitrogen and oxygen atoms in total. The van der Waals surface area contributed by atoms with Gasteiger partial charge in [-0.25, -0.2) is 10.8 Å². The van der Waals surface area contributed by atoms with Crippen LogP contribution in [0.2, 0.25) is 0 Å². The number of hydrogen-bond acceptors (Lipinski definition) is 5. The Kier molecular flexibility index (Phi) is 4.84. The fraction of sp³-hybridized carbons (Fsp3) is 0.545. The Bertz CT molecular complexity index is 380. The summed E-state index contributed by atoms with van der Waals surface area (Å²) in [7, 11) is 0. The number of anilines is 1. The predicted octanol–water partition coefficient (Wildman–Crippen LogP) is 1.02. The summed E-state index contributed by atoms with van der Waals surface area (Å²) in [4.78, 5) is 22.0. The molecule has 1 aromatic rings. The van der Waals surface area contributed by atoms with Gasteiger partial charge in [0.15, 0.2) is 5.82 Å². The smallest absolute Gasteiger partial charge is 0.274 e. The molecule has 17 heavy (non-hydrogen) atoms. The molecule has 0 radical (unpaired) electrons. The van der Waals surface area contributed by atoms with Crippen LogP contribution in [0.4, 0.5) is 5.82 Å². The zero-order valence-electron chi connectivity index (χ0n) is 10.5. The second-order valence-corrected chi connectivity index (χ2v) is 4.03. The van der Waals surface area contributed by atoms with Crippen LogP contribution in [0.1, 0.15) is 37.7 Å². The highest BCUT2D eigenvalue weighted by Gasteiger charge is 2.19. The summed E-state index contributed by atoms with van der Waals surface area (Å²) in [5.41, 5.74) is 2.69. The third kappa shape index (κ3) is 3.39. The molecule has 0 aliphatic heterocycles. The molecule has 0 atom stereocenters. The normalized spacial score (nSPS) is 10.4. The summed E-state index contributed by atoms with van der Waals surface area (Å²) in [6, 6.07) is 0.138. The maximum Gasteiger partial charge on any atom is 0.274 e. The molecule has 0 unspecified atom stereocenters. The Morgan fingerprint density at radius 3 is 2.76 bits per heavy atom. The summed E-state index contributed by atoms with van der Waals surface area (Å²) in [6.07, 6.45) is 3.83. The number of rotatable bonds is 5. The molecule has 1 rings (SSSR count). The number of hydrazine groups is 1. The summed E-state index contributed by atoms with van der Waals surface area (Å²) < 4.78 is 0. The minimum absolute atomic E-state index is 0.119. The maximum absolute atomic E-state index is 12.2. The van der Waals surface area contributed by atoms with Crippen LogP contribution in [0.15, 0.2) is 12.4 Å². The zero-order chi connectivity index (χ0) is 12.8. The lowest BCUT2D eigenvalue weighted by molar-refractivity contribution is 0.0699. The van der Waals surface area contributed by atoms with Crippen molar-refractivity contribution in [3.8, 4) is 0 Å². The Balaban J connectivity index is 2.92. The molecule has 0 aromatic carbocycles. The van der Waals surface area contributed by atoms with Gasteiger partial charge in [0.2, 0.25) is 0 Å². The van der Waals surface area contributed by atoms with Crippen molar-refractivity contribution in [1.82, 2.24) is 14.9 Å². The van der Waals surface area contributed by atoms with Crippen LogP contribution < -0.4 is 11.3 Å². The molecule has 94 valence electrons. The van der Waals surface area contributed by atoms with Crippen molar-refractivity contribution in [3.63, 3.8) is 0 Å². The molecule has 1 heterocycles. The van der Waals surface area contributed by atoms with E-state index in [1.165, 1.54) is 12.4 Å². The van der Waals surface area contributed by atoms with Crippen molar-refractivity contribution in [1.29, 1.82) is 0 Å². The van der Waals surface area contributed by atoms with Gasteiger partial charge in [0, 0.05) is 12.6 Å². The third-order valence-electron chi connectivity index (χ3n) is 2.35. The molecular formula is C11H19N5O. The minimum Gasteiger partial charge on any atom is -0.335 e. The van der Waals surface area contributed by atoms with Gasteiger partial charge in [0.25, 0.3) is 5.91 Å². The van der Waals surface area contributed by atoms with Gasteiger partial charge in [0.05, 0.1) is 12.4 Å². The van der Waals surface area contributed by atoms with Crippen LogP contribution in [0.5, 0.6) is 0 Å². The lowest BCUT2D eigenvalue weighted by Gasteiger charge is -2.25. The van der Waals surface area contributed by atoms with E-state index in [0.29, 0.717) is 18.1 Å². The highest BCUT2D eigenvalue weighted by atomic mass is 16.2. The monoisotopic (exact) mass is 237 g/mol. The van der Waals surface area contributed by atoms with E-state index in [9.17, 15) is 4.79 Å². The first-order valence-electron chi connectivity index (χ1n) is 5.69. The van der Waals surface area contributed by atoms with E-state index in [1.807, 2.05) is 20.8 Å². The Morgan fingerprint density at radius 2 is 2.24 bits per heavy atom. The van der Waals surface area contributed by atoms with Crippen molar-refractivity contribution < 1.29 is 4.79 Å². The van der Waals surface area contributed by atoms with E-state index in [4.69, 9.17) is 5.84 Å². The molecule has 0 saturated heterocycles. The van der Waals surface area contributed by atoms with Gasteiger partial charge in [-0.1, -0.05) is 6.92 Å². The van der Waals surface area contributed by atoms with E-state index < -0.39 is 0 Å². The number of carbonyl (C=O) groups excluding carboxylic acids is 1. The van der Waals surface area contributed by atoms with Crippen LogP contribution in [-0.4, -0.2) is 33.4 Å². The first kappa shape index (κ1) is 13.4. The molecule has 0 spiro atoms. The SMILES string of the molecule is CCCN(C(=O)c1cncc(NN)n1)C(C)C. The highest BCUT2D eigenvalue weighted by molar-refractivity contribution is 5.92. The van der Waals surface area contributed by atoms with Crippen molar-refractivity contribution in [2.75, 3.05) is 12.0 Å². The topological polar surface area (TPSA) is 84.1 Å². The number of amides is 1. The lowest BCUT2D eigenvalue weighted by Crippen LogP contribution is -2.38. The van der Waals surface area contributed by atoms with Crippen LogP contribution >= 0.6 is 0 Å². The van der Waals surface area contributed by atoms with E-state index in [1.54, 1.807) is 4.90 Å². The van der Waals surface area contributed by atoms with E-state index in [2.05, 4.69) is 15.4 Å². The van der Waals surface area contributed by atoms with Gasteiger partial charge in [-0.2, -0.15) is 0 Å². The Hall–Kier alpha value is -1.69. The summed E-state index contributed by atoms with van der Waals surface area (Å²) in [5, 5.41) is 0. The summed E-state index contributed by atoms with van der Waals surface area (Å²) in [6.45, 7) is 6.70. The summed E-state index contributed by atoms with van der Waals surface area (Å²) in [5.74, 6) is 5.50. The van der Waals surface area contributed by atoms with Crippen molar-refractivity contribution in [2.24, 2.45) is 5.84 Å². The molecule has 0 fully saturated rings. The highest BCUT2D eigenvalue weighted by Crippen LogP contribution is 2.08. The molecule has 1 aromatic heterocycles. The quantitative estimate of drug-likeness (QED) is 0.590. The number of hydrogen-bond donors (Lipinski definition) is 2. The number of carbonyl (C=O) groups is 1. The molecule has 1 amide bonds. The fourth-order valence-electron chi connectivity index (χ4n) is 1.52. The van der Waals surface area contributed by atoms with E-state index >= 15 is 0 Å². The second kappa shape index (κ2) is 6.15. The molecule has 0 bridgehead atoms. The van der Waals surface area contributed by atoms with Crippen LogP contribution in [0.3, 0.4) is 0 Å². The molecular weight excluding hydrogens is 218 g/mol. The predicted molar refractivity (Wildman–Crippen MR) is 66.3 cm³/mol. The van der Waals surface area contributed by atoms with Crippen LogP contribution in [-0.2, 0) is 0 Å². The van der Waals surface area contributed by atoms with Crippen molar-refractivity contribution in [2.45, 2.75) is 33.2 Å². The number of nitrogens with one attached hydrogen (secondary N) is 1.